The van der Waals surface area contributed by atoms with Crippen LogP contribution in [0.15, 0.2) is 103 Å². The Hall–Kier alpha value is -4.83. The molecule has 1 unspecified atom stereocenters. The minimum Gasteiger partial charge on any atom is -0.383 e. The third-order valence-electron chi connectivity index (χ3n) is 7.00. The maximum Gasteiger partial charge on any atom is 0.417 e. The molecule has 4 rings (SSSR count). The van der Waals surface area contributed by atoms with Crippen molar-refractivity contribution in [1.82, 2.24) is 19.8 Å². The van der Waals surface area contributed by atoms with Crippen molar-refractivity contribution in [2.24, 2.45) is 0 Å². The number of alkyl halides is 3. The Morgan fingerprint density at radius 1 is 0.909 bits per heavy atom. The van der Waals surface area contributed by atoms with Gasteiger partial charge in [-0.1, -0.05) is 60.7 Å². The van der Waals surface area contributed by atoms with Crippen molar-refractivity contribution < 1.29 is 27.5 Å². The Kier molecular flexibility index (Phi) is 11.0. The number of aromatic nitrogens is 2. The fourth-order valence-electron chi connectivity index (χ4n) is 4.54. The predicted molar refractivity (Wildman–Crippen MR) is 162 cm³/mol. The van der Waals surface area contributed by atoms with Crippen molar-refractivity contribution in [3.63, 3.8) is 0 Å². The first-order chi connectivity index (χ1) is 21.2. The maximum absolute atomic E-state index is 13.9. The molecule has 2 heterocycles. The number of ether oxygens (including phenoxy) is 1. The number of rotatable bonds is 12. The Balaban J connectivity index is 1.67. The standard InChI is InChI=1S/C34H33F3N4O3/c1-40(20-21-44-2)33(43)31(22-25-8-4-3-5-9-25)41(24-26-11-13-27(14-12-26)30-10-6-7-19-38-30)32(42)18-17-29-16-15-28(23-39-29)34(35,36)37/h3-19,23,31H,20-22,24H2,1-2H3. The molecule has 0 saturated carbocycles. The molecule has 0 radical (unpaired) electrons. The minimum absolute atomic E-state index is 0.105. The minimum atomic E-state index is -4.52. The Bertz CT molecular complexity index is 1530. The number of likely N-dealkylation sites (N-methyl/N-ethyl adjacent to an activating group) is 1. The first-order valence-corrected chi connectivity index (χ1v) is 14.0. The van der Waals surface area contributed by atoms with E-state index in [4.69, 9.17) is 4.74 Å². The first kappa shape index (κ1) is 32.1. The second-order valence-corrected chi connectivity index (χ2v) is 10.1. The molecular weight excluding hydrogens is 569 g/mol. The highest BCUT2D eigenvalue weighted by Gasteiger charge is 2.32. The van der Waals surface area contributed by atoms with E-state index in [-0.39, 0.29) is 24.6 Å². The van der Waals surface area contributed by atoms with Crippen molar-refractivity contribution in [2.45, 2.75) is 25.2 Å². The Morgan fingerprint density at radius 3 is 2.25 bits per heavy atom. The molecule has 0 aliphatic carbocycles. The van der Waals surface area contributed by atoms with Crippen LogP contribution in [0.25, 0.3) is 17.3 Å². The molecule has 2 aromatic heterocycles. The van der Waals surface area contributed by atoms with Gasteiger partial charge in [-0.2, -0.15) is 13.2 Å². The van der Waals surface area contributed by atoms with Gasteiger partial charge in [-0.25, -0.2) is 0 Å². The third kappa shape index (κ3) is 8.84. The van der Waals surface area contributed by atoms with Crippen LogP contribution in [0, 0.1) is 0 Å². The van der Waals surface area contributed by atoms with Crippen molar-refractivity contribution in [3.8, 4) is 11.3 Å². The second kappa shape index (κ2) is 15.1. The van der Waals surface area contributed by atoms with E-state index in [2.05, 4.69) is 9.97 Å². The molecule has 44 heavy (non-hydrogen) atoms. The van der Waals surface area contributed by atoms with E-state index in [0.29, 0.717) is 13.2 Å². The molecule has 0 bridgehead atoms. The molecule has 0 fully saturated rings. The van der Waals surface area contributed by atoms with Crippen LogP contribution in [0.1, 0.15) is 22.4 Å². The van der Waals surface area contributed by atoms with Crippen molar-refractivity contribution in [3.05, 3.63) is 126 Å². The topological polar surface area (TPSA) is 75.6 Å². The summed E-state index contributed by atoms with van der Waals surface area (Å²) in [6.07, 6.45) is 0.741. The summed E-state index contributed by atoms with van der Waals surface area (Å²) in [6, 6.07) is 23.8. The monoisotopic (exact) mass is 602 g/mol. The molecule has 228 valence electrons. The summed E-state index contributed by atoms with van der Waals surface area (Å²) >= 11 is 0. The summed E-state index contributed by atoms with van der Waals surface area (Å²) in [6.45, 7) is 0.753. The summed E-state index contributed by atoms with van der Waals surface area (Å²) in [7, 11) is 3.20. The molecule has 1 atom stereocenters. The SMILES string of the molecule is COCCN(C)C(=O)C(Cc1ccccc1)N(Cc1ccc(-c2ccccn2)cc1)C(=O)C=Cc1ccc(C(F)(F)F)cn1. The van der Waals surface area contributed by atoms with Crippen LogP contribution < -0.4 is 0 Å². The molecule has 0 saturated heterocycles. The molecule has 0 aliphatic heterocycles. The molecule has 7 nitrogen and oxygen atoms in total. The number of nitrogens with zero attached hydrogens (tertiary/aromatic N) is 4. The fourth-order valence-corrected chi connectivity index (χ4v) is 4.54. The Morgan fingerprint density at radius 2 is 1.64 bits per heavy atom. The quantitative estimate of drug-likeness (QED) is 0.188. The highest BCUT2D eigenvalue weighted by atomic mass is 19.4. The second-order valence-electron chi connectivity index (χ2n) is 10.1. The van der Waals surface area contributed by atoms with E-state index in [1.165, 1.54) is 28.0 Å². The summed E-state index contributed by atoms with van der Waals surface area (Å²) in [4.78, 5) is 38.9. The highest BCUT2D eigenvalue weighted by molar-refractivity contribution is 5.95. The molecule has 4 aromatic rings. The molecule has 2 amide bonds. The van der Waals surface area contributed by atoms with E-state index in [1.807, 2.05) is 72.8 Å². The van der Waals surface area contributed by atoms with Gasteiger partial charge >= 0.3 is 6.18 Å². The summed E-state index contributed by atoms with van der Waals surface area (Å²) in [5, 5.41) is 0. The fraction of sp³-hybridized carbons (Fsp3) is 0.235. The lowest BCUT2D eigenvalue weighted by atomic mass is 10.0. The van der Waals surface area contributed by atoms with E-state index >= 15 is 0 Å². The van der Waals surface area contributed by atoms with Gasteiger partial charge in [0, 0.05) is 57.7 Å². The van der Waals surface area contributed by atoms with Crippen LogP contribution in [0.2, 0.25) is 0 Å². The number of pyridine rings is 2. The predicted octanol–water partition coefficient (Wildman–Crippen LogP) is 5.92. The van der Waals surface area contributed by atoms with Crippen LogP contribution in [0.3, 0.4) is 0 Å². The van der Waals surface area contributed by atoms with Gasteiger partial charge in [-0.15, -0.1) is 0 Å². The summed E-state index contributed by atoms with van der Waals surface area (Å²) in [5.41, 5.74) is 2.64. The third-order valence-corrected chi connectivity index (χ3v) is 7.00. The number of amides is 2. The molecule has 0 spiro atoms. The lowest BCUT2D eigenvalue weighted by Gasteiger charge is -2.33. The maximum atomic E-state index is 13.9. The van der Waals surface area contributed by atoms with E-state index in [9.17, 15) is 22.8 Å². The normalized spacial score (nSPS) is 12.2. The molecule has 0 aliphatic rings. The van der Waals surface area contributed by atoms with Gasteiger partial charge in [0.15, 0.2) is 0 Å². The first-order valence-electron chi connectivity index (χ1n) is 14.0. The van der Waals surface area contributed by atoms with Crippen LogP contribution in [-0.2, 0) is 33.5 Å². The lowest BCUT2D eigenvalue weighted by Crippen LogP contribution is -2.51. The zero-order valence-corrected chi connectivity index (χ0v) is 24.4. The largest absolute Gasteiger partial charge is 0.417 e. The number of benzene rings is 2. The molecule has 10 heteroatoms. The average molecular weight is 603 g/mol. The van der Waals surface area contributed by atoms with Crippen LogP contribution >= 0.6 is 0 Å². The van der Waals surface area contributed by atoms with Gasteiger partial charge in [-0.3, -0.25) is 19.6 Å². The van der Waals surface area contributed by atoms with Crippen molar-refractivity contribution in [1.29, 1.82) is 0 Å². The van der Waals surface area contributed by atoms with Gasteiger partial charge in [0.2, 0.25) is 11.8 Å². The Labute approximate surface area is 254 Å². The van der Waals surface area contributed by atoms with Crippen LogP contribution in [-0.4, -0.2) is 64.9 Å². The lowest BCUT2D eigenvalue weighted by molar-refractivity contribution is -0.143. The number of methoxy groups -OCH3 is 1. The molecule has 2 aromatic carbocycles. The van der Waals surface area contributed by atoms with Gasteiger partial charge in [0.05, 0.1) is 23.6 Å². The van der Waals surface area contributed by atoms with Crippen LogP contribution in [0.4, 0.5) is 13.2 Å². The van der Waals surface area contributed by atoms with Gasteiger partial charge in [-0.05, 0) is 41.5 Å². The van der Waals surface area contributed by atoms with Gasteiger partial charge in [0.1, 0.15) is 6.04 Å². The number of hydrogen-bond donors (Lipinski definition) is 0. The van der Waals surface area contributed by atoms with E-state index in [1.54, 1.807) is 20.4 Å². The van der Waals surface area contributed by atoms with Crippen molar-refractivity contribution in [2.75, 3.05) is 27.3 Å². The number of hydrogen-bond acceptors (Lipinski definition) is 5. The smallest absolute Gasteiger partial charge is 0.383 e. The number of halogens is 3. The van der Waals surface area contributed by atoms with Gasteiger partial charge in [0.25, 0.3) is 0 Å². The summed E-state index contributed by atoms with van der Waals surface area (Å²) in [5.74, 6) is -0.764. The molecule has 0 N–H and O–H groups in total. The van der Waals surface area contributed by atoms with E-state index < -0.39 is 23.7 Å². The highest BCUT2D eigenvalue weighted by Crippen LogP contribution is 2.28. The zero-order valence-electron chi connectivity index (χ0n) is 24.4. The van der Waals surface area contributed by atoms with E-state index in [0.717, 1.165) is 34.6 Å². The zero-order chi connectivity index (χ0) is 31.5. The number of carbonyl (C=O) groups is 2. The van der Waals surface area contributed by atoms with Gasteiger partial charge < -0.3 is 14.5 Å². The summed E-state index contributed by atoms with van der Waals surface area (Å²) < 4.78 is 44.1. The average Bonchev–Trinajstić information content (AvgIpc) is 3.04. The number of carbonyl (C=O) groups excluding carboxylic acids is 2. The van der Waals surface area contributed by atoms with Crippen molar-refractivity contribution >= 4 is 17.9 Å². The molecular formula is C34H33F3N4O3. The van der Waals surface area contributed by atoms with Crippen LogP contribution in [0.5, 0.6) is 0 Å².